The fraction of sp³-hybridized carbons (Fsp3) is 0. The average Bonchev–Trinajstić information content (AvgIpc) is 0.811. The summed E-state index contributed by atoms with van der Waals surface area (Å²) in [5.74, 6) is 0. The second kappa shape index (κ2) is 17.2. The van der Waals surface area contributed by atoms with E-state index in [9.17, 15) is 0 Å². The molecule has 7 heavy (non-hydrogen) atoms. The Balaban J connectivity index is -0.0000000150. The predicted molar refractivity (Wildman–Crippen MR) is 16.7 cm³/mol. The molecule has 0 aliphatic carbocycles. The average molecular weight is 122 g/mol. The van der Waals surface area contributed by atoms with Crippen LogP contribution >= 0.6 is 0 Å². The van der Waals surface area contributed by atoms with Crippen molar-refractivity contribution in [2.75, 3.05) is 0 Å². The van der Waals surface area contributed by atoms with E-state index >= 15 is 0 Å². The third kappa shape index (κ3) is 1030. The monoisotopic (exact) mass is 122 g/mol. The van der Waals surface area contributed by atoms with E-state index in [1.807, 2.05) is 0 Å². The Morgan fingerprint density at radius 3 is 1.29 bits per heavy atom. The summed E-state index contributed by atoms with van der Waals surface area (Å²) in [6, 6.07) is 0. The third-order valence-corrected chi connectivity index (χ3v) is 0. The fourth-order valence-corrected chi connectivity index (χ4v) is 0. The molecule has 0 rings (SSSR count). The standard InChI is InChI=1S/CH2O3.Al.2H2O/c2-1(3)4;;;/h(H2,2,3,4);;2*1H2/q;+3;;/p-3. The molecule has 40 valence electrons. The molecule has 0 aliphatic rings. The molecule has 0 aliphatic heterocycles. The summed E-state index contributed by atoms with van der Waals surface area (Å²) in [7, 11) is 0. The van der Waals surface area contributed by atoms with Crippen LogP contribution in [-0.4, -0.2) is 34.5 Å². The maximum Gasteiger partial charge on any atom is 3.00 e. The molecule has 0 fully saturated rings. The number of carbonyl (C=O) groups is 1. The number of carbonyl (C=O) groups excluding carboxylic acids is 1. The first-order valence-electron chi connectivity index (χ1n) is 0.612. The van der Waals surface area contributed by atoms with Crippen LogP contribution in [0.3, 0.4) is 0 Å². The molecule has 0 saturated carbocycles. The second-order valence-electron chi connectivity index (χ2n) is 0.250. The first-order chi connectivity index (χ1) is 1.73. The molecule has 0 amide bonds. The van der Waals surface area contributed by atoms with E-state index in [-0.39, 0.29) is 28.3 Å². The van der Waals surface area contributed by atoms with Gasteiger partial charge < -0.3 is 26.0 Å². The first kappa shape index (κ1) is 29.7. The van der Waals surface area contributed by atoms with Crippen molar-refractivity contribution in [1.82, 2.24) is 0 Å². The minimum absolute atomic E-state index is 0. The van der Waals surface area contributed by atoms with E-state index in [4.69, 9.17) is 15.0 Å². The smallest absolute Gasteiger partial charge is 0.870 e. The van der Waals surface area contributed by atoms with E-state index in [1.165, 1.54) is 0 Å². The van der Waals surface area contributed by atoms with E-state index < -0.39 is 6.16 Å². The summed E-state index contributed by atoms with van der Waals surface area (Å²) in [6.45, 7) is 0. The predicted octanol–water partition coefficient (Wildman–Crippen LogP) is -3.83. The summed E-state index contributed by atoms with van der Waals surface area (Å²) >= 11 is 0. The van der Waals surface area contributed by atoms with Crippen molar-refractivity contribution in [2.24, 2.45) is 0 Å². The van der Waals surface area contributed by atoms with Gasteiger partial charge in [-0.05, 0) is 6.16 Å². The number of rotatable bonds is 0. The normalized spacial score (nSPS) is 3.43. The van der Waals surface area contributed by atoms with Crippen molar-refractivity contribution >= 4 is 23.5 Å². The maximum atomic E-state index is 8.33. The summed E-state index contributed by atoms with van der Waals surface area (Å²) in [5.41, 5.74) is 0. The van der Waals surface area contributed by atoms with Gasteiger partial charge in [-0.3, -0.25) is 0 Å². The first-order valence-corrected chi connectivity index (χ1v) is 0.612. The Morgan fingerprint density at radius 2 is 1.29 bits per heavy atom. The van der Waals surface area contributed by atoms with Crippen LogP contribution in [0.1, 0.15) is 0 Å². The van der Waals surface area contributed by atoms with Crippen LogP contribution in [0, 0.1) is 0 Å². The Bertz CT molecular complexity index is 31.1. The zero-order valence-corrected chi connectivity index (χ0v) is 4.40. The van der Waals surface area contributed by atoms with Gasteiger partial charge in [0.05, 0.1) is 0 Å². The van der Waals surface area contributed by atoms with Crippen LogP contribution in [0.15, 0.2) is 0 Å². The molecule has 0 spiro atoms. The van der Waals surface area contributed by atoms with E-state index in [0.29, 0.717) is 0 Å². The summed E-state index contributed by atoms with van der Waals surface area (Å²) < 4.78 is 0. The molecular weight excluding hydrogens is 119 g/mol. The van der Waals surface area contributed by atoms with Crippen LogP contribution in [-0.2, 0) is 0 Å². The number of hydrogen-bond acceptors (Lipinski definition) is 4. The van der Waals surface area contributed by atoms with Crippen molar-refractivity contribution in [2.45, 2.75) is 0 Å². The zero-order valence-electron chi connectivity index (χ0n) is 3.25. The molecule has 0 bridgehead atoms. The SMILES string of the molecule is O.O=C([O-])[O-].[Al+3].[OH-]. The summed E-state index contributed by atoms with van der Waals surface area (Å²) in [4.78, 5) is 8.33. The van der Waals surface area contributed by atoms with E-state index in [1.54, 1.807) is 0 Å². The van der Waals surface area contributed by atoms with Crippen molar-refractivity contribution in [3.05, 3.63) is 0 Å². The van der Waals surface area contributed by atoms with Gasteiger partial charge >= 0.3 is 17.4 Å². The topological polar surface area (TPSA) is 125 Å². The minimum atomic E-state index is -2.33. The Labute approximate surface area is 50.3 Å². The van der Waals surface area contributed by atoms with Gasteiger partial charge in [0.2, 0.25) is 0 Å². The van der Waals surface area contributed by atoms with Crippen molar-refractivity contribution in [3.63, 3.8) is 0 Å². The number of carboxylic acid groups (broad SMARTS) is 2. The quantitative estimate of drug-likeness (QED) is 0.305. The maximum absolute atomic E-state index is 8.33. The van der Waals surface area contributed by atoms with Crippen molar-refractivity contribution < 1.29 is 26.0 Å². The second-order valence-corrected chi connectivity index (χ2v) is 0.250. The Morgan fingerprint density at radius 1 is 1.29 bits per heavy atom. The molecule has 0 aromatic heterocycles. The van der Waals surface area contributed by atoms with Gasteiger partial charge in [-0.15, -0.1) is 0 Å². The molecule has 0 radical (unpaired) electrons. The van der Waals surface area contributed by atoms with Gasteiger partial charge in [0, 0.05) is 0 Å². The molecule has 0 aromatic rings. The van der Waals surface area contributed by atoms with Crippen LogP contribution in [0.5, 0.6) is 0 Å². The van der Waals surface area contributed by atoms with Crippen molar-refractivity contribution in [1.29, 1.82) is 0 Å². The molecule has 0 aromatic carbocycles. The van der Waals surface area contributed by atoms with Gasteiger partial charge in [0.1, 0.15) is 0 Å². The van der Waals surface area contributed by atoms with Gasteiger partial charge in [0.15, 0.2) is 0 Å². The Kier molecular flexibility index (Phi) is 73.1. The van der Waals surface area contributed by atoms with Gasteiger partial charge in [-0.25, -0.2) is 0 Å². The van der Waals surface area contributed by atoms with Crippen molar-refractivity contribution in [3.8, 4) is 0 Å². The molecule has 0 saturated heterocycles. The van der Waals surface area contributed by atoms with Gasteiger partial charge in [-0.1, -0.05) is 0 Å². The van der Waals surface area contributed by atoms with Gasteiger partial charge in [0.25, 0.3) is 0 Å². The van der Waals surface area contributed by atoms with Crippen LogP contribution in [0.25, 0.3) is 0 Å². The van der Waals surface area contributed by atoms with E-state index in [0.717, 1.165) is 0 Å². The summed E-state index contributed by atoms with van der Waals surface area (Å²) in [5, 5.41) is 16.7. The molecule has 0 unspecified atom stereocenters. The van der Waals surface area contributed by atoms with Gasteiger partial charge in [-0.2, -0.15) is 0 Å². The molecule has 3 N–H and O–H groups in total. The third-order valence-electron chi connectivity index (χ3n) is 0. The molecular formula is CH3AlO5. The van der Waals surface area contributed by atoms with E-state index in [2.05, 4.69) is 0 Å². The molecule has 6 heteroatoms. The summed E-state index contributed by atoms with van der Waals surface area (Å²) in [6.07, 6.45) is -2.33. The molecule has 0 atom stereocenters. The molecule has 5 nitrogen and oxygen atoms in total. The Hall–Kier alpha value is -0.278. The zero-order chi connectivity index (χ0) is 3.58. The molecule has 0 heterocycles. The van der Waals surface area contributed by atoms with Crippen LogP contribution in [0.2, 0.25) is 0 Å². The van der Waals surface area contributed by atoms with Crippen LogP contribution < -0.4 is 10.2 Å². The largest absolute Gasteiger partial charge is 3.00 e. The fourth-order valence-electron chi connectivity index (χ4n) is 0. The van der Waals surface area contributed by atoms with Crippen LogP contribution in [0.4, 0.5) is 4.79 Å². The number of hydrogen-bond donors (Lipinski definition) is 0. The minimum Gasteiger partial charge on any atom is -0.870 e.